The van der Waals surface area contributed by atoms with Gasteiger partial charge >= 0.3 is 0 Å². The summed E-state index contributed by atoms with van der Waals surface area (Å²) >= 11 is 0.885. The molecular formula is C18H23FN4O4S. The maximum atomic E-state index is 14.7. The Morgan fingerprint density at radius 1 is 1.21 bits per heavy atom. The lowest BCUT2D eigenvalue weighted by molar-refractivity contribution is 0.0164. The minimum Gasteiger partial charge on any atom is -0.400 e. The number of ether oxygens (including phenoxy) is 1. The third-order valence-corrected chi connectivity index (χ3v) is 4.58. The minimum absolute atomic E-state index is 0.328. The fraction of sp³-hybridized carbons (Fsp3) is 0.333. The van der Waals surface area contributed by atoms with Crippen LogP contribution in [-0.2, 0) is 20.4 Å². The summed E-state index contributed by atoms with van der Waals surface area (Å²) in [6.07, 6.45) is 0. The lowest BCUT2D eigenvalue weighted by Crippen LogP contribution is -2.37. The number of benzene rings is 2. The second-order valence-corrected chi connectivity index (χ2v) is 6.58. The zero-order valence-corrected chi connectivity index (χ0v) is 16.3. The van der Waals surface area contributed by atoms with Gasteiger partial charge in [-0.25, -0.2) is 15.3 Å². The molecule has 2 aromatic carbocycles. The molecule has 1 aliphatic rings. The van der Waals surface area contributed by atoms with E-state index in [2.05, 4.69) is 5.59 Å². The highest BCUT2D eigenvalue weighted by molar-refractivity contribution is 7.90. The first-order chi connectivity index (χ1) is 13.7. The largest absolute Gasteiger partial charge is 0.400 e. The highest BCUT2D eigenvalue weighted by Gasteiger charge is 2.17. The molecule has 8 nitrogen and oxygen atoms in total. The molecule has 0 amide bonds. The van der Waals surface area contributed by atoms with E-state index in [0.717, 1.165) is 17.9 Å². The Kier molecular flexibility index (Phi) is 7.71. The lowest BCUT2D eigenvalue weighted by Gasteiger charge is -2.30. The zero-order valence-electron chi connectivity index (χ0n) is 15.5. The van der Waals surface area contributed by atoms with Gasteiger partial charge in [-0.1, -0.05) is 12.1 Å². The van der Waals surface area contributed by atoms with Crippen LogP contribution in [0.4, 0.5) is 15.8 Å². The third-order valence-electron chi connectivity index (χ3n) is 4.18. The van der Waals surface area contributed by atoms with E-state index in [1.54, 1.807) is 24.3 Å². The number of anilines is 2. The van der Waals surface area contributed by atoms with Gasteiger partial charge in [-0.2, -0.15) is 4.94 Å². The second kappa shape index (κ2) is 10.5. The molecule has 0 radical (unpaired) electrons. The monoisotopic (exact) mass is 410 g/mol. The minimum atomic E-state index is -0.328. The van der Waals surface area contributed by atoms with Gasteiger partial charge in [0.2, 0.25) is 12.3 Å². The standard InChI is InChI=1S/C18H23FN4O4S/c1-24-28-26-16-5-2-14(3-6-16)13-23(27-21-20)15-4-7-18(17(19)12-15)22-8-10-25-11-9-22/h2-7,12,21H,8-11,13,20H2,1H3. The van der Waals surface area contributed by atoms with Gasteiger partial charge in [-0.05, 0) is 29.8 Å². The van der Waals surface area contributed by atoms with Crippen molar-refractivity contribution in [2.45, 2.75) is 6.54 Å². The molecular weight excluding hydrogens is 387 g/mol. The predicted molar refractivity (Wildman–Crippen MR) is 106 cm³/mol. The number of rotatable bonds is 9. The Bertz CT molecular complexity index is 747. The van der Waals surface area contributed by atoms with Gasteiger partial charge in [0.1, 0.15) is 11.6 Å². The first-order valence-electron chi connectivity index (χ1n) is 8.70. The quantitative estimate of drug-likeness (QED) is 0.368. The summed E-state index contributed by atoms with van der Waals surface area (Å²) < 4.78 is 30.1. The molecule has 1 saturated heterocycles. The van der Waals surface area contributed by atoms with Crippen molar-refractivity contribution in [3.63, 3.8) is 0 Å². The van der Waals surface area contributed by atoms with Crippen LogP contribution < -0.4 is 25.6 Å². The van der Waals surface area contributed by atoms with Crippen LogP contribution in [0.5, 0.6) is 5.75 Å². The van der Waals surface area contributed by atoms with Crippen molar-refractivity contribution in [1.29, 1.82) is 0 Å². The van der Waals surface area contributed by atoms with E-state index in [9.17, 15) is 4.39 Å². The van der Waals surface area contributed by atoms with Crippen LogP contribution in [-0.4, -0.2) is 33.4 Å². The number of nitrogens with two attached hydrogens (primary N) is 1. The van der Waals surface area contributed by atoms with E-state index < -0.39 is 0 Å². The van der Waals surface area contributed by atoms with Crippen molar-refractivity contribution < 1.29 is 22.4 Å². The Balaban J connectivity index is 1.71. The molecule has 2 aromatic rings. The Labute approximate surface area is 167 Å². The van der Waals surface area contributed by atoms with E-state index in [0.29, 0.717) is 50.0 Å². The number of hydroxylamine groups is 1. The normalized spacial score (nSPS) is 14.2. The van der Waals surface area contributed by atoms with Crippen molar-refractivity contribution in [3.8, 4) is 5.75 Å². The molecule has 1 heterocycles. The van der Waals surface area contributed by atoms with Gasteiger partial charge in [-0.15, -0.1) is 5.59 Å². The van der Waals surface area contributed by atoms with Crippen molar-refractivity contribution in [2.75, 3.05) is 43.4 Å². The molecule has 3 rings (SSSR count). The molecule has 28 heavy (non-hydrogen) atoms. The van der Waals surface area contributed by atoms with Crippen molar-refractivity contribution in [3.05, 3.63) is 53.8 Å². The van der Waals surface area contributed by atoms with Crippen LogP contribution in [0.25, 0.3) is 0 Å². The van der Waals surface area contributed by atoms with Crippen LogP contribution in [0.15, 0.2) is 42.5 Å². The van der Waals surface area contributed by atoms with E-state index in [4.69, 9.17) is 23.9 Å². The molecule has 0 aliphatic carbocycles. The SMILES string of the molecule is COSOc1ccc(CN(ONN)c2ccc(N3CCOCC3)c(F)c2)cc1. The van der Waals surface area contributed by atoms with Crippen LogP contribution in [0.1, 0.15) is 5.56 Å². The lowest BCUT2D eigenvalue weighted by atomic mass is 10.2. The molecule has 10 heteroatoms. The Morgan fingerprint density at radius 2 is 1.96 bits per heavy atom. The van der Waals surface area contributed by atoms with Crippen LogP contribution in [0.2, 0.25) is 0 Å². The van der Waals surface area contributed by atoms with Gasteiger partial charge in [0.05, 0.1) is 38.2 Å². The zero-order chi connectivity index (χ0) is 19.8. The van der Waals surface area contributed by atoms with Gasteiger partial charge in [0.25, 0.3) is 0 Å². The topological polar surface area (TPSA) is 81.5 Å². The van der Waals surface area contributed by atoms with E-state index in [1.807, 2.05) is 17.0 Å². The van der Waals surface area contributed by atoms with Gasteiger partial charge in [0, 0.05) is 19.2 Å². The maximum absolute atomic E-state index is 14.7. The van der Waals surface area contributed by atoms with Gasteiger partial charge in [-0.3, -0.25) is 4.18 Å². The Morgan fingerprint density at radius 3 is 2.61 bits per heavy atom. The highest BCUT2D eigenvalue weighted by Crippen LogP contribution is 2.27. The summed E-state index contributed by atoms with van der Waals surface area (Å²) in [5, 5.41) is 1.46. The number of morpholine rings is 1. The van der Waals surface area contributed by atoms with Crippen molar-refractivity contribution in [1.82, 2.24) is 5.59 Å². The van der Waals surface area contributed by atoms with E-state index >= 15 is 0 Å². The number of nitrogens with one attached hydrogen (secondary N) is 1. The number of hydrazine groups is 1. The number of hydrogen-bond donors (Lipinski definition) is 2. The summed E-state index contributed by atoms with van der Waals surface area (Å²) in [5.74, 6) is 5.64. The fourth-order valence-corrected chi connectivity index (χ4v) is 3.10. The van der Waals surface area contributed by atoms with Crippen LogP contribution in [0, 0.1) is 5.82 Å². The molecule has 3 N–H and O–H groups in total. The smallest absolute Gasteiger partial charge is 0.225 e. The molecule has 0 spiro atoms. The van der Waals surface area contributed by atoms with E-state index in [1.165, 1.54) is 18.2 Å². The Hall–Kier alpha value is -2.08. The summed E-state index contributed by atoms with van der Waals surface area (Å²) in [7, 11) is 1.53. The van der Waals surface area contributed by atoms with Gasteiger partial charge < -0.3 is 13.8 Å². The van der Waals surface area contributed by atoms with E-state index in [-0.39, 0.29) is 5.82 Å². The first-order valence-corrected chi connectivity index (χ1v) is 9.36. The summed E-state index contributed by atoms with van der Waals surface area (Å²) in [6, 6.07) is 12.3. The third kappa shape index (κ3) is 5.47. The van der Waals surface area contributed by atoms with Gasteiger partial charge in [0.15, 0.2) is 0 Å². The molecule has 1 fully saturated rings. The van der Waals surface area contributed by atoms with Crippen LogP contribution in [0.3, 0.4) is 0 Å². The summed E-state index contributed by atoms with van der Waals surface area (Å²) in [4.78, 5) is 7.24. The maximum Gasteiger partial charge on any atom is 0.225 e. The number of hydrogen-bond acceptors (Lipinski definition) is 9. The highest BCUT2D eigenvalue weighted by atomic mass is 32.2. The van der Waals surface area contributed by atoms with Crippen molar-refractivity contribution >= 4 is 23.7 Å². The average molecular weight is 410 g/mol. The summed E-state index contributed by atoms with van der Waals surface area (Å²) in [6.45, 7) is 2.86. The predicted octanol–water partition coefficient (Wildman–Crippen LogP) is 2.57. The molecule has 0 bridgehead atoms. The first kappa shape index (κ1) is 20.6. The molecule has 0 aromatic heterocycles. The number of halogens is 1. The van der Waals surface area contributed by atoms with Crippen molar-refractivity contribution in [2.24, 2.45) is 5.84 Å². The molecule has 0 unspecified atom stereocenters. The fourth-order valence-electron chi connectivity index (χ4n) is 2.84. The molecule has 0 saturated carbocycles. The average Bonchev–Trinajstić information content (AvgIpc) is 2.73. The van der Waals surface area contributed by atoms with Crippen LogP contribution >= 0.6 is 12.3 Å². The molecule has 1 aliphatic heterocycles. The summed E-state index contributed by atoms with van der Waals surface area (Å²) in [5.41, 5.74) is 4.15. The second-order valence-electron chi connectivity index (χ2n) is 5.94. The molecule has 152 valence electrons. The number of nitrogens with zero attached hydrogens (tertiary/aromatic N) is 2. The molecule has 0 atom stereocenters.